The Morgan fingerprint density at radius 1 is 0.839 bits per heavy atom. The Hall–Kier alpha value is -3.99. The molecule has 0 spiro atoms. The van der Waals surface area contributed by atoms with Crippen molar-refractivity contribution in [2.45, 2.75) is 19.8 Å². The van der Waals surface area contributed by atoms with Gasteiger partial charge in [0, 0.05) is 11.1 Å². The number of esters is 1. The second kappa shape index (κ2) is 7.36. The van der Waals surface area contributed by atoms with Crippen LogP contribution < -0.4 is 4.74 Å². The van der Waals surface area contributed by atoms with Crippen molar-refractivity contribution in [3.05, 3.63) is 95.1 Å². The van der Waals surface area contributed by atoms with Crippen LogP contribution in [0, 0.1) is 6.92 Å². The lowest BCUT2D eigenvalue weighted by atomic mass is 10.0. The van der Waals surface area contributed by atoms with E-state index in [0.29, 0.717) is 29.8 Å². The fourth-order valence-corrected chi connectivity index (χ4v) is 4.04. The van der Waals surface area contributed by atoms with Crippen LogP contribution in [0.5, 0.6) is 17.5 Å². The molecule has 0 radical (unpaired) electrons. The third kappa shape index (κ3) is 3.34. The van der Waals surface area contributed by atoms with Crippen LogP contribution in [0.25, 0.3) is 16.5 Å². The fraction of sp³-hybridized carbons (Fsp3) is 0.115. The van der Waals surface area contributed by atoms with Gasteiger partial charge in [0.25, 0.3) is 0 Å². The maximum absolute atomic E-state index is 12.6. The van der Waals surface area contributed by atoms with Crippen LogP contribution in [-0.4, -0.2) is 20.7 Å². The quantitative estimate of drug-likeness (QED) is 0.275. The van der Waals surface area contributed by atoms with E-state index in [-0.39, 0.29) is 11.8 Å². The molecule has 1 aliphatic carbocycles. The molecule has 0 bridgehead atoms. The first-order valence-electron chi connectivity index (χ1n) is 10.1. The van der Waals surface area contributed by atoms with Crippen molar-refractivity contribution in [1.82, 2.24) is 4.57 Å². The Bertz CT molecular complexity index is 1310. The molecule has 0 atom stereocenters. The number of aromatic nitrogens is 1. The molecule has 1 aliphatic rings. The molecule has 4 aromatic rings. The zero-order valence-corrected chi connectivity index (χ0v) is 17.0. The molecule has 1 heterocycles. The summed E-state index contributed by atoms with van der Waals surface area (Å²) in [6.45, 7) is 2.04. The number of carbonyl (C=O) groups excluding carboxylic acids is 1. The number of rotatable bonds is 3. The standard InChI is InChI=1S/C26H21NO4/c1-16-6-7-19-15-21(13-10-18(19)14-16)31-26(30)17-8-11-20(12-9-17)27-24(28)22-4-2-3-5-23(22)25(27)29/h2-3,6-15,28-29H,4-5H2,1H3. The highest BCUT2D eigenvalue weighted by Gasteiger charge is 2.23. The average molecular weight is 411 g/mol. The van der Waals surface area contributed by atoms with Gasteiger partial charge in [-0.1, -0.05) is 42.0 Å². The summed E-state index contributed by atoms with van der Waals surface area (Å²) in [5, 5.41) is 23.2. The SMILES string of the molecule is Cc1ccc2cc(OC(=O)c3ccc(-n4c(O)c5c(c4O)CC=CC5)cc3)ccc2c1. The van der Waals surface area contributed by atoms with E-state index in [1.54, 1.807) is 30.3 Å². The van der Waals surface area contributed by atoms with Crippen LogP contribution in [0.4, 0.5) is 0 Å². The van der Waals surface area contributed by atoms with Crippen LogP contribution >= 0.6 is 0 Å². The molecule has 0 aliphatic heterocycles. The van der Waals surface area contributed by atoms with Gasteiger partial charge in [-0.3, -0.25) is 4.57 Å². The summed E-state index contributed by atoms with van der Waals surface area (Å²) in [6.07, 6.45) is 5.10. The number of aromatic hydroxyl groups is 2. The predicted molar refractivity (Wildman–Crippen MR) is 119 cm³/mol. The number of aryl methyl sites for hydroxylation is 1. The van der Waals surface area contributed by atoms with E-state index in [2.05, 4.69) is 6.07 Å². The number of fused-ring (bicyclic) bond motifs is 2. The summed E-state index contributed by atoms with van der Waals surface area (Å²) in [7, 11) is 0. The van der Waals surface area contributed by atoms with Crippen molar-refractivity contribution < 1.29 is 19.7 Å². The maximum atomic E-state index is 12.6. The van der Waals surface area contributed by atoms with Gasteiger partial charge in [-0.05, 0) is 66.9 Å². The third-order valence-corrected chi connectivity index (χ3v) is 5.68. The lowest BCUT2D eigenvalue weighted by molar-refractivity contribution is 0.0735. The van der Waals surface area contributed by atoms with Gasteiger partial charge in [0.1, 0.15) is 5.75 Å². The van der Waals surface area contributed by atoms with Gasteiger partial charge >= 0.3 is 5.97 Å². The maximum Gasteiger partial charge on any atom is 0.343 e. The van der Waals surface area contributed by atoms with Crippen LogP contribution in [0.1, 0.15) is 27.0 Å². The molecule has 5 rings (SSSR count). The smallest absolute Gasteiger partial charge is 0.343 e. The summed E-state index contributed by atoms with van der Waals surface area (Å²) in [5.41, 5.74) is 3.59. The zero-order valence-electron chi connectivity index (χ0n) is 17.0. The van der Waals surface area contributed by atoms with Gasteiger partial charge in [-0.15, -0.1) is 0 Å². The van der Waals surface area contributed by atoms with Gasteiger partial charge in [0.15, 0.2) is 0 Å². The van der Waals surface area contributed by atoms with E-state index >= 15 is 0 Å². The van der Waals surface area contributed by atoms with E-state index in [0.717, 1.165) is 21.9 Å². The number of carbonyl (C=O) groups is 1. The summed E-state index contributed by atoms with van der Waals surface area (Å²) in [5.74, 6) is 0.0610. The monoisotopic (exact) mass is 411 g/mol. The molecule has 3 aromatic carbocycles. The van der Waals surface area contributed by atoms with Gasteiger partial charge < -0.3 is 14.9 Å². The lowest BCUT2D eigenvalue weighted by Crippen LogP contribution is -2.08. The normalized spacial score (nSPS) is 12.7. The Kier molecular flexibility index (Phi) is 4.51. The second-order valence-electron chi connectivity index (χ2n) is 7.77. The highest BCUT2D eigenvalue weighted by Crippen LogP contribution is 2.39. The molecule has 0 fully saturated rings. The van der Waals surface area contributed by atoms with Gasteiger partial charge in [-0.2, -0.15) is 0 Å². The van der Waals surface area contributed by atoms with E-state index in [1.165, 1.54) is 10.1 Å². The first-order valence-corrected chi connectivity index (χ1v) is 10.1. The number of ether oxygens (including phenoxy) is 1. The topological polar surface area (TPSA) is 71.7 Å². The van der Waals surface area contributed by atoms with Crippen LogP contribution in [0.15, 0.2) is 72.8 Å². The Morgan fingerprint density at radius 2 is 1.45 bits per heavy atom. The van der Waals surface area contributed by atoms with Crippen molar-refractivity contribution in [1.29, 1.82) is 0 Å². The fourth-order valence-electron chi connectivity index (χ4n) is 4.04. The molecule has 2 N–H and O–H groups in total. The Labute approximate surface area is 179 Å². The van der Waals surface area contributed by atoms with Crippen molar-refractivity contribution in [3.8, 4) is 23.2 Å². The molecule has 1 aromatic heterocycles. The van der Waals surface area contributed by atoms with Crippen LogP contribution in [0.2, 0.25) is 0 Å². The largest absolute Gasteiger partial charge is 0.494 e. The molecule has 0 saturated carbocycles. The first kappa shape index (κ1) is 19.0. The molecule has 0 unspecified atom stereocenters. The summed E-state index contributed by atoms with van der Waals surface area (Å²) < 4.78 is 6.95. The van der Waals surface area contributed by atoms with Gasteiger partial charge in [0.2, 0.25) is 11.8 Å². The van der Waals surface area contributed by atoms with Crippen LogP contribution in [-0.2, 0) is 12.8 Å². The van der Waals surface area contributed by atoms with E-state index < -0.39 is 5.97 Å². The predicted octanol–water partition coefficient (Wildman–Crippen LogP) is 5.22. The number of hydrogen-bond donors (Lipinski definition) is 2. The summed E-state index contributed by atoms with van der Waals surface area (Å²) in [6, 6.07) is 18.3. The Morgan fingerprint density at radius 3 is 2.13 bits per heavy atom. The highest BCUT2D eigenvalue weighted by atomic mass is 16.5. The zero-order chi connectivity index (χ0) is 21.5. The van der Waals surface area contributed by atoms with Gasteiger partial charge in [-0.25, -0.2) is 4.79 Å². The molecular formula is C26H21NO4. The molecule has 154 valence electrons. The molecular weight excluding hydrogens is 390 g/mol. The number of nitrogens with zero attached hydrogens (tertiary/aromatic N) is 1. The number of allylic oxidation sites excluding steroid dienone is 2. The minimum absolute atomic E-state index is 0.0265. The number of benzene rings is 3. The third-order valence-electron chi connectivity index (χ3n) is 5.68. The van der Waals surface area contributed by atoms with Crippen molar-refractivity contribution >= 4 is 16.7 Å². The van der Waals surface area contributed by atoms with Crippen molar-refractivity contribution in [2.24, 2.45) is 0 Å². The molecule has 0 amide bonds. The second-order valence-corrected chi connectivity index (χ2v) is 7.77. The average Bonchev–Trinajstić information content (AvgIpc) is 3.04. The molecule has 5 nitrogen and oxygen atoms in total. The minimum Gasteiger partial charge on any atom is -0.494 e. The number of hydrogen-bond acceptors (Lipinski definition) is 4. The van der Waals surface area contributed by atoms with Crippen LogP contribution in [0.3, 0.4) is 0 Å². The van der Waals surface area contributed by atoms with E-state index in [1.807, 2.05) is 43.3 Å². The van der Waals surface area contributed by atoms with Gasteiger partial charge in [0.05, 0.1) is 11.3 Å². The molecule has 31 heavy (non-hydrogen) atoms. The minimum atomic E-state index is -0.470. The molecule has 5 heteroatoms. The first-order chi connectivity index (χ1) is 15.0. The Balaban J connectivity index is 1.39. The van der Waals surface area contributed by atoms with Crippen molar-refractivity contribution in [2.75, 3.05) is 0 Å². The summed E-state index contributed by atoms with van der Waals surface area (Å²) in [4.78, 5) is 12.6. The lowest BCUT2D eigenvalue weighted by Gasteiger charge is -2.09. The van der Waals surface area contributed by atoms with Crippen molar-refractivity contribution in [3.63, 3.8) is 0 Å². The molecule has 0 saturated heterocycles. The van der Waals surface area contributed by atoms with E-state index in [4.69, 9.17) is 4.74 Å². The summed E-state index contributed by atoms with van der Waals surface area (Å²) >= 11 is 0. The van der Waals surface area contributed by atoms with E-state index in [9.17, 15) is 15.0 Å². The highest BCUT2D eigenvalue weighted by molar-refractivity contribution is 5.92.